The number of hydrogen-bond acceptors (Lipinski definition) is 1. The van der Waals surface area contributed by atoms with Gasteiger partial charge in [-0.05, 0) is 6.42 Å². The third-order valence-corrected chi connectivity index (χ3v) is 1.55. The van der Waals surface area contributed by atoms with Crippen molar-refractivity contribution in [3.05, 3.63) is 6.92 Å². The van der Waals surface area contributed by atoms with E-state index in [1.165, 1.54) is 0 Å². The van der Waals surface area contributed by atoms with E-state index in [1.54, 1.807) is 0 Å². The molecule has 0 aromatic heterocycles. The van der Waals surface area contributed by atoms with E-state index in [0.717, 1.165) is 25.7 Å². The number of unbranched alkanes of at least 4 members (excludes halogenated alkanes) is 4. The van der Waals surface area contributed by atoms with Gasteiger partial charge >= 0.3 is 6.18 Å². The largest absolute Gasteiger partial charge is 0.411 e. The molecule has 0 aliphatic heterocycles. The fourth-order valence-electron chi connectivity index (χ4n) is 0.922. The molecule has 79 valence electrons. The van der Waals surface area contributed by atoms with Crippen molar-refractivity contribution in [3.63, 3.8) is 0 Å². The molecular formula is C9H16F3O. The third kappa shape index (κ3) is 11.8. The number of alkyl halides is 3. The molecule has 0 unspecified atom stereocenters. The fourth-order valence-corrected chi connectivity index (χ4v) is 0.922. The van der Waals surface area contributed by atoms with Gasteiger partial charge in [0, 0.05) is 6.61 Å². The van der Waals surface area contributed by atoms with Crippen molar-refractivity contribution < 1.29 is 17.9 Å². The molecule has 0 aromatic carbocycles. The standard InChI is InChI=1S/C9H16F3O/c1-2-3-4-5-6-7-13-8-9(10,11)12/h1-8H2. The van der Waals surface area contributed by atoms with Crippen LogP contribution in [-0.2, 0) is 4.74 Å². The van der Waals surface area contributed by atoms with Gasteiger partial charge < -0.3 is 4.74 Å². The fraction of sp³-hybridized carbons (Fsp3) is 0.889. The zero-order valence-electron chi connectivity index (χ0n) is 7.70. The molecule has 0 rings (SSSR count). The molecule has 0 aromatic rings. The Morgan fingerprint density at radius 3 is 2.15 bits per heavy atom. The lowest BCUT2D eigenvalue weighted by molar-refractivity contribution is -0.174. The van der Waals surface area contributed by atoms with E-state index in [-0.39, 0.29) is 6.61 Å². The van der Waals surface area contributed by atoms with Crippen molar-refractivity contribution in [1.82, 2.24) is 0 Å². The van der Waals surface area contributed by atoms with E-state index in [1.807, 2.05) is 0 Å². The van der Waals surface area contributed by atoms with E-state index in [0.29, 0.717) is 6.42 Å². The van der Waals surface area contributed by atoms with E-state index in [4.69, 9.17) is 0 Å². The van der Waals surface area contributed by atoms with Crippen LogP contribution < -0.4 is 0 Å². The Bertz CT molecular complexity index is 112. The Hall–Kier alpha value is -0.250. The molecule has 0 heterocycles. The van der Waals surface area contributed by atoms with E-state index in [2.05, 4.69) is 11.7 Å². The average molecular weight is 197 g/mol. The summed E-state index contributed by atoms with van der Waals surface area (Å²) < 4.78 is 39.1. The molecule has 0 saturated heterocycles. The van der Waals surface area contributed by atoms with Gasteiger partial charge in [0.1, 0.15) is 6.61 Å². The summed E-state index contributed by atoms with van der Waals surface area (Å²) >= 11 is 0. The van der Waals surface area contributed by atoms with Crippen molar-refractivity contribution in [2.24, 2.45) is 0 Å². The first-order valence-corrected chi connectivity index (χ1v) is 4.50. The molecule has 0 atom stereocenters. The maximum Gasteiger partial charge on any atom is 0.411 e. The highest BCUT2D eigenvalue weighted by molar-refractivity contribution is 4.47. The Morgan fingerprint density at radius 2 is 1.62 bits per heavy atom. The SMILES string of the molecule is [CH2]CCCCCCOCC(F)(F)F. The van der Waals surface area contributed by atoms with Gasteiger partial charge in [0.2, 0.25) is 0 Å². The summed E-state index contributed by atoms with van der Waals surface area (Å²) in [6, 6.07) is 0. The minimum Gasteiger partial charge on any atom is -0.372 e. The number of rotatable bonds is 7. The summed E-state index contributed by atoms with van der Waals surface area (Å²) in [6.45, 7) is 2.75. The molecule has 0 aliphatic carbocycles. The number of ether oxygens (including phenoxy) is 1. The van der Waals surface area contributed by atoms with E-state index in [9.17, 15) is 13.2 Å². The normalized spacial score (nSPS) is 12.0. The van der Waals surface area contributed by atoms with Gasteiger partial charge in [-0.3, -0.25) is 0 Å². The van der Waals surface area contributed by atoms with Gasteiger partial charge in [0.05, 0.1) is 0 Å². The third-order valence-electron chi connectivity index (χ3n) is 1.55. The summed E-state index contributed by atoms with van der Waals surface area (Å²) in [5.41, 5.74) is 0. The van der Waals surface area contributed by atoms with Gasteiger partial charge in [-0.15, -0.1) is 0 Å². The predicted octanol–water partition coefficient (Wildman–Crippen LogP) is 3.35. The summed E-state index contributed by atoms with van der Waals surface area (Å²) in [7, 11) is 0. The van der Waals surface area contributed by atoms with Crippen LogP contribution in [0, 0.1) is 6.92 Å². The van der Waals surface area contributed by atoms with Crippen LogP contribution in [0.3, 0.4) is 0 Å². The van der Waals surface area contributed by atoms with Crippen molar-refractivity contribution >= 4 is 0 Å². The highest BCUT2D eigenvalue weighted by atomic mass is 19.4. The summed E-state index contributed by atoms with van der Waals surface area (Å²) in [5.74, 6) is 0. The molecule has 0 bridgehead atoms. The molecule has 0 spiro atoms. The topological polar surface area (TPSA) is 9.23 Å². The van der Waals surface area contributed by atoms with Gasteiger partial charge in [-0.25, -0.2) is 0 Å². The lowest BCUT2D eigenvalue weighted by atomic mass is 10.2. The summed E-state index contributed by atoms with van der Waals surface area (Å²) in [4.78, 5) is 0. The van der Waals surface area contributed by atoms with Crippen LogP contribution >= 0.6 is 0 Å². The molecule has 0 aliphatic rings. The lowest BCUT2D eigenvalue weighted by Crippen LogP contribution is -2.17. The molecule has 0 amide bonds. The first kappa shape index (κ1) is 12.8. The van der Waals surface area contributed by atoms with Crippen LogP contribution in [0.4, 0.5) is 13.2 Å². The van der Waals surface area contributed by atoms with Crippen molar-refractivity contribution in [2.75, 3.05) is 13.2 Å². The molecule has 4 heteroatoms. The maximum atomic E-state index is 11.6. The van der Waals surface area contributed by atoms with Crippen LogP contribution in [0.25, 0.3) is 0 Å². The zero-order chi connectivity index (χ0) is 10.2. The number of halogens is 3. The van der Waals surface area contributed by atoms with Gasteiger partial charge in [-0.2, -0.15) is 13.2 Å². The Morgan fingerprint density at radius 1 is 1.00 bits per heavy atom. The molecule has 0 fully saturated rings. The monoisotopic (exact) mass is 197 g/mol. The Kier molecular flexibility index (Phi) is 7.04. The summed E-state index contributed by atoms with van der Waals surface area (Å²) in [6.07, 6.45) is 0.401. The molecule has 13 heavy (non-hydrogen) atoms. The van der Waals surface area contributed by atoms with Gasteiger partial charge in [0.15, 0.2) is 0 Å². The average Bonchev–Trinajstić information content (AvgIpc) is 2.01. The Balaban J connectivity index is 3.00. The van der Waals surface area contributed by atoms with E-state index >= 15 is 0 Å². The molecule has 0 N–H and O–H groups in total. The summed E-state index contributed by atoms with van der Waals surface area (Å²) in [5, 5.41) is 0. The maximum absolute atomic E-state index is 11.6. The highest BCUT2D eigenvalue weighted by Crippen LogP contribution is 2.14. The smallest absolute Gasteiger partial charge is 0.372 e. The molecular weight excluding hydrogens is 181 g/mol. The molecule has 1 nitrogen and oxygen atoms in total. The highest BCUT2D eigenvalue weighted by Gasteiger charge is 2.26. The minimum atomic E-state index is -4.19. The van der Waals surface area contributed by atoms with Gasteiger partial charge in [0.25, 0.3) is 0 Å². The predicted molar refractivity (Wildman–Crippen MR) is 45.3 cm³/mol. The van der Waals surface area contributed by atoms with Crippen LogP contribution in [0.5, 0.6) is 0 Å². The van der Waals surface area contributed by atoms with Gasteiger partial charge in [-0.1, -0.05) is 32.6 Å². The van der Waals surface area contributed by atoms with Crippen molar-refractivity contribution in [1.29, 1.82) is 0 Å². The zero-order valence-corrected chi connectivity index (χ0v) is 7.70. The van der Waals surface area contributed by atoms with Crippen molar-refractivity contribution in [3.8, 4) is 0 Å². The lowest BCUT2D eigenvalue weighted by Gasteiger charge is -2.06. The first-order chi connectivity index (χ1) is 6.06. The second-order valence-electron chi connectivity index (χ2n) is 2.94. The van der Waals surface area contributed by atoms with Crippen molar-refractivity contribution in [2.45, 2.75) is 38.3 Å². The second-order valence-corrected chi connectivity index (χ2v) is 2.94. The van der Waals surface area contributed by atoms with Crippen LogP contribution in [0.15, 0.2) is 0 Å². The second kappa shape index (κ2) is 7.18. The molecule has 0 saturated carbocycles. The van der Waals surface area contributed by atoms with Crippen LogP contribution in [0.1, 0.15) is 32.1 Å². The minimum absolute atomic E-state index is 0.205. The Labute approximate surface area is 77.3 Å². The number of hydrogen-bond donors (Lipinski definition) is 0. The van der Waals surface area contributed by atoms with Crippen LogP contribution in [0.2, 0.25) is 0 Å². The van der Waals surface area contributed by atoms with E-state index < -0.39 is 12.8 Å². The van der Waals surface area contributed by atoms with Crippen LogP contribution in [-0.4, -0.2) is 19.4 Å². The quantitative estimate of drug-likeness (QED) is 0.569. The first-order valence-electron chi connectivity index (χ1n) is 4.50. The molecule has 1 radical (unpaired) electrons.